The molecule has 1 N–H and O–H groups in total. The average Bonchev–Trinajstić information content (AvgIpc) is 2.18. The lowest BCUT2D eigenvalue weighted by atomic mass is 10.1. The molecule has 0 aromatic heterocycles. The van der Waals surface area contributed by atoms with Crippen LogP contribution in [0, 0.1) is 5.92 Å². The van der Waals surface area contributed by atoms with Crippen molar-refractivity contribution in [3.05, 3.63) is 33.8 Å². The summed E-state index contributed by atoms with van der Waals surface area (Å²) in [6.45, 7) is 6.44. The normalized spacial score (nSPS) is 11.0. The van der Waals surface area contributed by atoms with Gasteiger partial charge in [0.25, 0.3) is 0 Å². The molecule has 3 heteroatoms. The van der Waals surface area contributed by atoms with E-state index in [0.29, 0.717) is 16.0 Å². The lowest BCUT2D eigenvalue weighted by Crippen LogP contribution is -2.22. The quantitative estimate of drug-likeness (QED) is 0.779. The van der Waals surface area contributed by atoms with E-state index in [4.69, 9.17) is 23.2 Å². The van der Waals surface area contributed by atoms with Gasteiger partial charge in [-0.2, -0.15) is 0 Å². The molecule has 0 fully saturated rings. The Labute approximate surface area is 102 Å². The molecule has 1 rings (SSSR count). The first-order valence-corrected chi connectivity index (χ1v) is 6.00. The molecule has 0 spiro atoms. The molecule has 0 saturated heterocycles. The van der Waals surface area contributed by atoms with Crippen LogP contribution >= 0.6 is 23.2 Å². The fourth-order valence-corrected chi connectivity index (χ4v) is 1.64. The van der Waals surface area contributed by atoms with Crippen molar-refractivity contribution in [3.8, 4) is 0 Å². The van der Waals surface area contributed by atoms with Crippen molar-refractivity contribution in [1.82, 2.24) is 5.32 Å². The molecule has 0 aliphatic heterocycles. The Balaban J connectivity index is 2.35. The number of hydrogen-bond acceptors (Lipinski definition) is 1. The van der Waals surface area contributed by atoms with Crippen LogP contribution in [-0.2, 0) is 6.42 Å². The van der Waals surface area contributed by atoms with Crippen molar-refractivity contribution in [3.63, 3.8) is 0 Å². The highest BCUT2D eigenvalue weighted by atomic mass is 35.5. The number of benzene rings is 1. The van der Waals surface area contributed by atoms with E-state index in [2.05, 4.69) is 19.2 Å². The lowest BCUT2D eigenvalue weighted by molar-refractivity contribution is 0.554. The van der Waals surface area contributed by atoms with Crippen LogP contribution in [0.15, 0.2) is 18.2 Å². The second-order valence-corrected chi connectivity index (χ2v) is 4.91. The van der Waals surface area contributed by atoms with Crippen LogP contribution in [0.2, 0.25) is 10.0 Å². The van der Waals surface area contributed by atoms with Gasteiger partial charge in [0.2, 0.25) is 0 Å². The summed E-state index contributed by atoms with van der Waals surface area (Å²) in [7, 11) is 0. The van der Waals surface area contributed by atoms with E-state index in [1.165, 1.54) is 5.56 Å². The molecule has 84 valence electrons. The first-order valence-electron chi connectivity index (χ1n) is 5.24. The number of nitrogens with one attached hydrogen (secondary N) is 1. The zero-order valence-electron chi connectivity index (χ0n) is 9.19. The molecule has 0 radical (unpaired) electrons. The summed E-state index contributed by atoms with van der Waals surface area (Å²) < 4.78 is 0. The van der Waals surface area contributed by atoms with Crippen LogP contribution in [0.4, 0.5) is 0 Å². The fraction of sp³-hybridized carbons (Fsp3) is 0.500. The second-order valence-electron chi connectivity index (χ2n) is 4.10. The molecule has 15 heavy (non-hydrogen) atoms. The smallest absolute Gasteiger partial charge is 0.0595 e. The topological polar surface area (TPSA) is 12.0 Å². The van der Waals surface area contributed by atoms with E-state index in [-0.39, 0.29) is 0 Å². The van der Waals surface area contributed by atoms with Gasteiger partial charge in [0.05, 0.1) is 10.0 Å². The molecule has 1 aromatic carbocycles. The van der Waals surface area contributed by atoms with Crippen molar-refractivity contribution in [2.24, 2.45) is 5.92 Å². The van der Waals surface area contributed by atoms with Gasteiger partial charge in [-0.05, 0) is 43.1 Å². The Kier molecular flexibility index (Phi) is 5.44. The van der Waals surface area contributed by atoms with E-state index in [9.17, 15) is 0 Å². The Morgan fingerprint density at radius 1 is 1.20 bits per heavy atom. The highest BCUT2D eigenvalue weighted by Gasteiger charge is 1.99. The third kappa shape index (κ3) is 4.87. The first kappa shape index (κ1) is 12.8. The SMILES string of the molecule is CC(C)CNCCc1ccc(Cl)c(Cl)c1. The third-order valence-electron chi connectivity index (χ3n) is 2.13. The molecule has 0 saturated carbocycles. The molecule has 0 aliphatic carbocycles. The van der Waals surface area contributed by atoms with Gasteiger partial charge in [-0.1, -0.05) is 43.1 Å². The average molecular weight is 246 g/mol. The molecule has 0 aliphatic rings. The predicted molar refractivity (Wildman–Crippen MR) is 67.9 cm³/mol. The monoisotopic (exact) mass is 245 g/mol. The van der Waals surface area contributed by atoms with Crippen LogP contribution in [0.25, 0.3) is 0 Å². The predicted octanol–water partition coefficient (Wildman–Crippen LogP) is 3.78. The van der Waals surface area contributed by atoms with Gasteiger partial charge in [0.15, 0.2) is 0 Å². The van der Waals surface area contributed by atoms with Crippen molar-refractivity contribution in [1.29, 1.82) is 0 Å². The molecular formula is C12H17Cl2N. The Bertz CT molecular complexity index is 310. The molecule has 0 heterocycles. The Morgan fingerprint density at radius 3 is 2.53 bits per heavy atom. The zero-order chi connectivity index (χ0) is 11.3. The Hall–Kier alpha value is -0.240. The van der Waals surface area contributed by atoms with Crippen molar-refractivity contribution < 1.29 is 0 Å². The highest BCUT2D eigenvalue weighted by Crippen LogP contribution is 2.22. The molecule has 0 atom stereocenters. The van der Waals surface area contributed by atoms with Gasteiger partial charge in [-0.15, -0.1) is 0 Å². The van der Waals surface area contributed by atoms with Crippen molar-refractivity contribution in [2.75, 3.05) is 13.1 Å². The van der Waals surface area contributed by atoms with Gasteiger partial charge in [0, 0.05) is 0 Å². The van der Waals surface area contributed by atoms with Crippen LogP contribution in [-0.4, -0.2) is 13.1 Å². The van der Waals surface area contributed by atoms with Crippen LogP contribution in [0.3, 0.4) is 0 Å². The molecule has 1 aromatic rings. The number of rotatable bonds is 5. The third-order valence-corrected chi connectivity index (χ3v) is 2.87. The number of hydrogen-bond donors (Lipinski definition) is 1. The minimum Gasteiger partial charge on any atom is -0.316 e. The van der Waals surface area contributed by atoms with E-state index in [1.54, 1.807) is 0 Å². The minimum atomic E-state index is 0.621. The van der Waals surface area contributed by atoms with Crippen LogP contribution in [0.1, 0.15) is 19.4 Å². The maximum absolute atomic E-state index is 5.92. The van der Waals surface area contributed by atoms with E-state index < -0.39 is 0 Å². The van der Waals surface area contributed by atoms with Gasteiger partial charge in [-0.25, -0.2) is 0 Å². The maximum atomic E-state index is 5.92. The summed E-state index contributed by atoms with van der Waals surface area (Å²) in [5.74, 6) is 0.693. The molecule has 0 unspecified atom stereocenters. The highest BCUT2D eigenvalue weighted by molar-refractivity contribution is 6.42. The largest absolute Gasteiger partial charge is 0.316 e. The van der Waals surface area contributed by atoms with E-state index >= 15 is 0 Å². The van der Waals surface area contributed by atoms with E-state index in [0.717, 1.165) is 19.5 Å². The van der Waals surface area contributed by atoms with Gasteiger partial charge >= 0.3 is 0 Å². The first-order chi connectivity index (χ1) is 7.09. The fourth-order valence-electron chi connectivity index (χ4n) is 1.32. The van der Waals surface area contributed by atoms with Crippen molar-refractivity contribution >= 4 is 23.2 Å². The minimum absolute atomic E-state index is 0.621. The van der Waals surface area contributed by atoms with Crippen molar-refractivity contribution in [2.45, 2.75) is 20.3 Å². The van der Waals surface area contributed by atoms with Gasteiger partial charge in [-0.3, -0.25) is 0 Å². The molecule has 0 amide bonds. The summed E-state index contributed by atoms with van der Waals surface area (Å²) >= 11 is 11.8. The number of halogens is 2. The van der Waals surface area contributed by atoms with Gasteiger partial charge < -0.3 is 5.32 Å². The Morgan fingerprint density at radius 2 is 1.93 bits per heavy atom. The molecule has 1 nitrogen and oxygen atoms in total. The maximum Gasteiger partial charge on any atom is 0.0595 e. The van der Waals surface area contributed by atoms with E-state index in [1.807, 2.05) is 18.2 Å². The summed E-state index contributed by atoms with van der Waals surface area (Å²) in [4.78, 5) is 0. The van der Waals surface area contributed by atoms with Crippen LogP contribution in [0.5, 0.6) is 0 Å². The lowest BCUT2D eigenvalue weighted by Gasteiger charge is -2.07. The zero-order valence-corrected chi connectivity index (χ0v) is 10.7. The molecule has 0 bridgehead atoms. The standard InChI is InChI=1S/C12H17Cl2N/c1-9(2)8-15-6-5-10-3-4-11(13)12(14)7-10/h3-4,7,9,15H,5-6,8H2,1-2H3. The molecular weight excluding hydrogens is 229 g/mol. The van der Waals surface area contributed by atoms with Gasteiger partial charge in [0.1, 0.15) is 0 Å². The summed E-state index contributed by atoms with van der Waals surface area (Å²) in [6.07, 6.45) is 0.990. The summed E-state index contributed by atoms with van der Waals surface area (Å²) in [5, 5.41) is 4.65. The summed E-state index contributed by atoms with van der Waals surface area (Å²) in [5.41, 5.74) is 1.22. The van der Waals surface area contributed by atoms with Crippen LogP contribution < -0.4 is 5.32 Å². The summed E-state index contributed by atoms with van der Waals surface area (Å²) in [6, 6.07) is 5.80. The second kappa shape index (κ2) is 6.37.